The molecule has 4 nitrogen and oxygen atoms in total. The highest BCUT2D eigenvalue weighted by atomic mass is 16.5. The van der Waals surface area contributed by atoms with E-state index in [2.05, 4.69) is 28.8 Å². The molecule has 5 aromatic rings. The van der Waals surface area contributed by atoms with Crippen molar-refractivity contribution in [2.45, 2.75) is 0 Å². The molecule has 4 heteroatoms. The van der Waals surface area contributed by atoms with Gasteiger partial charge in [-0.1, -0.05) is 24.3 Å². The number of methoxy groups -OCH3 is 2. The molecule has 0 N–H and O–H groups in total. The summed E-state index contributed by atoms with van der Waals surface area (Å²) in [5, 5.41) is 5.22. The van der Waals surface area contributed by atoms with Crippen LogP contribution in [0, 0.1) is 0 Å². The lowest BCUT2D eigenvalue weighted by atomic mass is 10.0. The standard InChI is InChI=1S/C24H19NO3/c1-25-18-10-7-15-5-4-14-6-9-17(24(18)23(14)15)20(26)13-19(25)16-8-11-21(27-2)22(12-16)28-3/h4-13H,1-3H3. The summed E-state index contributed by atoms with van der Waals surface area (Å²) in [6, 6.07) is 19.8. The van der Waals surface area contributed by atoms with Gasteiger partial charge in [0.25, 0.3) is 0 Å². The SMILES string of the molecule is COc1ccc(-c2cc(=O)c3ccc4ccc5ccc(c3c45)n2C)cc1OC. The fourth-order valence-corrected chi connectivity index (χ4v) is 4.17. The van der Waals surface area contributed by atoms with Crippen LogP contribution >= 0.6 is 0 Å². The van der Waals surface area contributed by atoms with E-state index in [9.17, 15) is 4.79 Å². The maximum absolute atomic E-state index is 13.2. The molecule has 1 heterocycles. The zero-order valence-electron chi connectivity index (χ0n) is 15.9. The third-order valence-corrected chi connectivity index (χ3v) is 5.58. The Kier molecular flexibility index (Phi) is 3.56. The van der Waals surface area contributed by atoms with E-state index in [1.54, 1.807) is 20.3 Å². The number of aromatic nitrogens is 1. The predicted octanol–water partition coefficient (Wildman–Crippen LogP) is 4.97. The van der Waals surface area contributed by atoms with Gasteiger partial charge in [-0.05, 0) is 46.5 Å². The Morgan fingerprint density at radius 3 is 2.14 bits per heavy atom. The summed E-state index contributed by atoms with van der Waals surface area (Å²) in [5.41, 5.74) is 2.74. The summed E-state index contributed by atoms with van der Waals surface area (Å²) < 4.78 is 12.9. The highest BCUT2D eigenvalue weighted by molar-refractivity contribution is 6.23. The zero-order valence-corrected chi connectivity index (χ0v) is 15.9. The lowest BCUT2D eigenvalue weighted by Crippen LogP contribution is -1.99. The van der Waals surface area contributed by atoms with Crippen LogP contribution in [0.4, 0.5) is 0 Å². The van der Waals surface area contributed by atoms with E-state index >= 15 is 0 Å². The quantitative estimate of drug-likeness (QED) is 0.451. The lowest BCUT2D eigenvalue weighted by Gasteiger charge is -2.13. The summed E-state index contributed by atoms with van der Waals surface area (Å²) in [6.07, 6.45) is 0. The van der Waals surface area contributed by atoms with Crippen LogP contribution in [0.15, 0.2) is 65.5 Å². The Bertz CT molecular complexity index is 1400. The van der Waals surface area contributed by atoms with E-state index in [4.69, 9.17) is 9.47 Å². The second-order valence-electron chi connectivity index (χ2n) is 6.98. The molecule has 28 heavy (non-hydrogen) atoms. The van der Waals surface area contributed by atoms with Gasteiger partial charge >= 0.3 is 0 Å². The predicted molar refractivity (Wildman–Crippen MR) is 114 cm³/mol. The van der Waals surface area contributed by atoms with Crippen molar-refractivity contribution >= 4 is 32.4 Å². The number of nitrogens with zero attached hydrogens (tertiary/aromatic N) is 1. The zero-order chi connectivity index (χ0) is 19.4. The van der Waals surface area contributed by atoms with E-state index in [0.717, 1.165) is 43.7 Å². The molecule has 0 aliphatic carbocycles. The molecular formula is C24H19NO3. The maximum atomic E-state index is 13.2. The third-order valence-electron chi connectivity index (χ3n) is 5.58. The number of rotatable bonds is 3. The van der Waals surface area contributed by atoms with Crippen LogP contribution in [0.2, 0.25) is 0 Å². The average molecular weight is 369 g/mol. The van der Waals surface area contributed by atoms with Crippen molar-refractivity contribution in [3.8, 4) is 22.8 Å². The first-order valence-corrected chi connectivity index (χ1v) is 9.12. The van der Waals surface area contributed by atoms with Gasteiger partial charge < -0.3 is 14.0 Å². The molecule has 138 valence electrons. The van der Waals surface area contributed by atoms with E-state index < -0.39 is 0 Å². The summed E-state index contributed by atoms with van der Waals surface area (Å²) in [4.78, 5) is 13.2. The molecule has 0 spiro atoms. The van der Waals surface area contributed by atoms with Crippen LogP contribution in [0.3, 0.4) is 0 Å². The molecule has 0 aliphatic heterocycles. The normalized spacial score (nSPS) is 11.5. The Labute approximate surface area is 161 Å². The molecule has 0 bridgehead atoms. The van der Waals surface area contributed by atoms with Crippen molar-refractivity contribution in [2.75, 3.05) is 14.2 Å². The molecule has 0 amide bonds. The monoisotopic (exact) mass is 369 g/mol. The van der Waals surface area contributed by atoms with Crippen LogP contribution in [0.1, 0.15) is 0 Å². The van der Waals surface area contributed by atoms with Gasteiger partial charge in [0.15, 0.2) is 16.9 Å². The molecule has 0 fully saturated rings. The average Bonchev–Trinajstić information content (AvgIpc) is 3.11. The fourth-order valence-electron chi connectivity index (χ4n) is 4.17. The minimum absolute atomic E-state index is 0.00554. The number of hydrogen-bond donors (Lipinski definition) is 0. The molecular weight excluding hydrogens is 350 g/mol. The number of ether oxygens (including phenoxy) is 2. The summed E-state index contributed by atoms with van der Waals surface area (Å²) in [7, 11) is 5.22. The maximum Gasteiger partial charge on any atom is 0.188 e. The highest BCUT2D eigenvalue weighted by Gasteiger charge is 2.15. The third kappa shape index (κ3) is 2.21. The van der Waals surface area contributed by atoms with Crippen molar-refractivity contribution in [2.24, 2.45) is 7.05 Å². The first kappa shape index (κ1) is 16.6. The molecule has 0 radical (unpaired) electrons. The summed E-state index contributed by atoms with van der Waals surface area (Å²) in [6.45, 7) is 0. The Morgan fingerprint density at radius 2 is 1.43 bits per heavy atom. The first-order valence-electron chi connectivity index (χ1n) is 9.12. The molecule has 0 saturated carbocycles. The van der Waals surface area contributed by atoms with Crippen LogP contribution in [0.25, 0.3) is 43.7 Å². The molecule has 0 atom stereocenters. The number of aryl methyl sites for hydroxylation is 1. The van der Waals surface area contributed by atoms with Crippen LogP contribution in [0.5, 0.6) is 11.5 Å². The van der Waals surface area contributed by atoms with Gasteiger partial charge in [0.2, 0.25) is 0 Å². The van der Waals surface area contributed by atoms with Crippen molar-refractivity contribution in [3.63, 3.8) is 0 Å². The van der Waals surface area contributed by atoms with Gasteiger partial charge in [0.05, 0.1) is 19.9 Å². The van der Waals surface area contributed by atoms with Crippen molar-refractivity contribution < 1.29 is 9.47 Å². The van der Waals surface area contributed by atoms with Crippen LogP contribution < -0.4 is 14.9 Å². The van der Waals surface area contributed by atoms with E-state index in [1.807, 2.05) is 37.4 Å². The molecule has 4 aromatic carbocycles. The Balaban J connectivity index is 1.93. The minimum atomic E-state index is 0.00554. The molecule has 5 rings (SSSR count). The largest absolute Gasteiger partial charge is 0.493 e. The van der Waals surface area contributed by atoms with Crippen molar-refractivity contribution in [1.82, 2.24) is 4.57 Å². The van der Waals surface area contributed by atoms with Gasteiger partial charge in [0.1, 0.15) is 0 Å². The van der Waals surface area contributed by atoms with Crippen LogP contribution in [-0.2, 0) is 7.05 Å². The smallest absolute Gasteiger partial charge is 0.188 e. The van der Waals surface area contributed by atoms with Crippen molar-refractivity contribution in [3.05, 3.63) is 70.9 Å². The molecule has 0 unspecified atom stereocenters. The van der Waals surface area contributed by atoms with Crippen molar-refractivity contribution in [1.29, 1.82) is 0 Å². The van der Waals surface area contributed by atoms with Gasteiger partial charge in [-0.15, -0.1) is 0 Å². The summed E-state index contributed by atoms with van der Waals surface area (Å²) in [5.74, 6) is 1.29. The molecule has 0 aliphatic rings. The molecule has 1 aromatic heterocycles. The highest BCUT2D eigenvalue weighted by Crippen LogP contribution is 2.36. The van der Waals surface area contributed by atoms with Gasteiger partial charge in [-0.2, -0.15) is 0 Å². The second-order valence-corrected chi connectivity index (χ2v) is 6.98. The van der Waals surface area contributed by atoms with E-state index in [1.165, 1.54) is 0 Å². The molecule has 0 saturated heterocycles. The number of hydrogen-bond acceptors (Lipinski definition) is 3. The second kappa shape index (κ2) is 5.99. The Hall–Kier alpha value is -3.53. The lowest BCUT2D eigenvalue weighted by molar-refractivity contribution is 0.355. The van der Waals surface area contributed by atoms with Gasteiger partial charge in [-0.25, -0.2) is 0 Å². The van der Waals surface area contributed by atoms with Crippen LogP contribution in [-0.4, -0.2) is 18.8 Å². The summed E-state index contributed by atoms with van der Waals surface area (Å²) >= 11 is 0. The number of benzene rings is 3. The Morgan fingerprint density at radius 1 is 0.750 bits per heavy atom. The fraction of sp³-hybridized carbons (Fsp3) is 0.125. The topological polar surface area (TPSA) is 40.5 Å². The van der Waals surface area contributed by atoms with Gasteiger partial charge in [-0.3, -0.25) is 4.79 Å². The first-order chi connectivity index (χ1) is 13.6. The minimum Gasteiger partial charge on any atom is -0.493 e. The van der Waals surface area contributed by atoms with Gasteiger partial charge in [0, 0.05) is 35.0 Å². The van der Waals surface area contributed by atoms with E-state index in [-0.39, 0.29) is 5.43 Å². The van der Waals surface area contributed by atoms with E-state index in [0.29, 0.717) is 11.5 Å².